The highest BCUT2D eigenvalue weighted by molar-refractivity contribution is 7.99. The van der Waals surface area contributed by atoms with Gasteiger partial charge in [-0.3, -0.25) is 0 Å². The number of benzene rings is 3. The van der Waals surface area contributed by atoms with Crippen LogP contribution in [0.15, 0.2) is 90.3 Å². The molecule has 0 unspecified atom stereocenters. The molecule has 1 aromatic heterocycles. The number of hydrogen-bond donors (Lipinski definition) is 0. The van der Waals surface area contributed by atoms with Crippen LogP contribution < -0.4 is 0 Å². The third-order valence-corrected chi connectivity index (χ3v) is 7.14. The van der Waals surface area contributed by atoms with Gasteiger partial charge in [-0.25, -0.2) is 4.98 Å². The zero-order chi connectivity index (χ0) is 21.8. The maximum atomic E-state index is 6.56. The Labute approximate surface area is 197 Å². The minimum absolute atomic E-state index is 0.0419. The van der Waals surface area contributed by atoms with Crippen LogP contribution >= 0.6 is 23.4 Å². The lowest BCUT2D eigenvalue weighted by Gasteiger charge is -2.28. The molecule has 0 N–H and O–H groups in total. The molecule has 2 atom stereocenters. The lowest BCUT2D eigenvalue weighted by Crippen LogP contribution is -2.37. The Morgan fingerprint density at radius 2 is 1.91 bits per heavy atom. The minimum Gasteiger partial charge on any atom is -0.345 e. The van der Waals surface area contributed by atoms with Gasteiger partial charge in [-0.15, -0.1) is 11.8 Å². The molecule has 3 aromatic carbocycles. The van der Waals surface area contributed by atoms with Crippen molar-refractivity contribution in [3.8, 4) is 0 Å². The summed E-state index contributed by atoms with van der Waals surface area (Å²) in [5.74, 6) is 0.194. The van der Waals surface area contributed by atoms with Crippen LogP contribution in [0.25, 0.3) is 10.8 Å². The molecule has 0 bridgehead atoms. The predicted molar refractivity (Wildman–Crippen MR) is 130 cm³/mol. The third-order valence-electron chi connectivity index (χ3n) is 5.76. The second-order valence-electron chi connectivity index (χ2n) is 8.14. The summed E-state index contributed by atoms with van der Waals surface area (Å²) >= 11 is 7.85. The highest BCUT2D eigenvalue weighted by Gasteiger charge is 2.41. The zero-order valence-corrected chi connectivity index (χ0v) is 19.3. The van der Waals surface area contributed by atoms with Gasteiger partial charge in [-0.2, -0.15) is 0 Å². The van der Waals surface area contributed by atoms with Crippen LogP contribution in [-0.4, -0.2) is 33.8 Å². The van der Waals surface area contributed by atoms with Crippen molar-refractivity contribution in [2.45, 2.75) is 36.2 Å². The van der Waals surface area contributed by atoms with Crippen molar-refractivity contribution >= 4 is 34.1 Å². The monoisotopic (exact) mass is 464 g/mol. The van der Waals surface area contributed by atoms with E-state index in [1.165, 1.54) is 21.2 Å². The van der Waals surface area contributed by atoms with Crippen molar-refractivity contribution in [3.63, 3.8) is 0 Å². The Hall–Kier alpha value is -2.31. The van der Waals surface area contributed by atoms with Crippen LogP contribution in [0.1, 0.15) is 12.0 Å². The summed E-state index contributed by atoms with van der Waals surface area (Å²) in [6.45, 7) is 1.22. The quantitative estimate of drug-likeness (QED) is 0.290. The highest BCUT2D eigenvalue weighted by Crippen LogP contribution is 2.34. The molecule has 6 heteroatoms. The normalized spacial score (nSPS) is 20.7. The van der Waals surface area contributed by atoms with Crippen LogP contribution in [0.3, 0.4) is 0 Å². The van der Waals surface area contributed by atoms with E-state index in [1.807, 2.05) is 41.0 Å². The Morgan fingerprint density at radius 1 is 1.06 bits per heavy atom. The van der Waals surface area contributed by atoms with Crippen molar-refractivity contribution < 1.29 is 9.47 Å². The summed E-state index contributed by atoms with van der Waals surface area (Å²) < 4.78 is 14.9. The van der Waals surface area contributed by atoms with Gasteiger partial charge in [-0.1, -0.05) is 54.1 Å². The molecule has 1 fully saturated rings. The fraction of sp³-hybridized carbons (Fsp3) is 0.269. The summed E-state index contributed by atoms with van der Waals surface area (Å²) in [5.41, 5.74) is 1.22. The average Bonchev–Trinajstić information content (AvgIpc) is 3.48. The van der Waals surface area contributed by atoms with Crippen molar-refractivity contribution in [2.24, 2.45) is 0 Å². The molecule has 1 aliphatic rings. The molecular weight excluding hydrogens is 440 g/mol. The third kappa shape index (κ3) is 5.18. The number of ether oxygens (including phenoxy) is 2. The van der Waals surface area contributed by atoms with E-state index in [9.17, 15) is 0 Å². The van der Waals surface area contributed by atoms with Gasteiger partial charge in [0.15, 0.2) is 5.79 Å². The van der Waals surface area contributed by atoms with Crippen LogP contribution in [-0.2, 0) is 22.4 Å². The molecular formula is C26H25ClN2O2S. The van der Waals surface area contributed by atoms with E-state index in [1.54, 1.807) is 6.20 Å². The fourth-order valence-electron chi connectivity index (χ4n) is 4.08. The summed E-state index contributed by atoms with van der Waals surface area (Å²) in [4.78, 5) is 5.43. The molecule has 0 aliphatic carbocycles. The molecule has 0 radical (unpaired) electrons. The lowest BCUT2D eigenvalue weighted by molar-refractivity contribution is -0.180. The number of aromatic nitrogens is 2. The van der Waals surface area contributed by atoms with E-state index in [0.717, 1.165) is 23.6 Å². The number of aryl methyl sites for hydroxylation is 1. The summed E-state index contributed by atoms with van der Waals surface area (Å²) in [7, 11) is 0. The smallest absolute Gasteiger partial charge is 0.187 e. The fourth-order valence-corrected chi connectivity index (χ4v) is 5.13. The van der Waals surface area contributed by atoms with Crippen molar-refractivity contribution in [1.29, 1.82) is 0 Å². The van der Waals surface area contributed by atoms with E-state index < -0.39 is 5.79 Å². The van der Waals surface area contributed by atoms with Crippen molar-refractivity contribution in [2.75, 3.05) is 12.4 Å². The molecule has 0 spiro atoms. The first-order valence-corrected chi connectivity index (χ1v) is 12.2. The van der Waals surface area contributed by atoms with Gasteiger partial charge in [-0.05, 0) is 47.0 Å². The van der Waals surface area contributed by atoms with Crippen molar-refractivity contribution in [1.82, 2.24) is 9.55 Å². The van der Waals surface area contributed by atoms with Gasteiger partial charge in [0.05, 0.1) is 25.6 Å². The second kappa shape index (κ2) is 9.67. The number of halogens is 1. The highest BCUT2D eigenvalue weighted by atomic mass is 35.5. The molecule has 2 heterocycles. The average molecular weight is 465 g/mol. The standard InChI is InChI=1S/C26H25ClN2O2S/c27-23-8-5-20(6-9-23)11-12-26(18-29-14-13-28-19-29)30-16-24(31-26)17-32-25-10-7-21-3-1-2-4-22(21)15-25/h1-10,13-15,19,24H,11-12,16-18H2/t24-,26+/m0/s1. The van der Waals surface area contributed by atoms with Gasteiger partial charge in [0.1, 0.15) is 0 Å². The molecule has 0 amide bonds. The van der Waals surface area contributed by atoms with Crippen LogP contribution in [0.2, 0.25) is 5.02 Å². The van der Waals surface area contributed by atoms with Gasteiger partial charge >= 0.3 is 0 Å². The Morgan fingerprint density at radius 3 is 2.72 bits per heavy atom. The topological polar surface area (TPSA) is 36.3 Å². The Kier molecular flexibility index (Phi) is 6.51. The molecule has 4 aromatic rings. The zero-order valence-electron chi connectivity index (χ0n) is 17.7. The first kappa shape index (κ1) is 21.5. The molecule has 1 aliphatic heterocycles. The van der Waals surface area contributed by atoms with Gasteiger partial charge in [0.2, 0.25) is 0 Å². The molecule has 0 saturated carbocycles. The number of rotatable bonds is 8. The Balaban J connectivity index is 1.25. The Bertz CT molecular complexity index is 1170. The van der Waals surface area contributed by atoms with E-state index in [0.29, 0.717) is 13.2 Å². The van der Waals surface area contributed by atoms with E-state index in [-0.39, 0.29) is 6.10 Å². The summed E-state index contributed by atoms with van der Waals surface area (Å²) in [6.07, 6.45) is 7.22. The minimum atomic E-state index is -0.658. The van der Waals surface area contributed by atoms with Crippen LogP contribution in [0, 0.1) is 0 Å². The summed E-state index contributed by atoms with van der Waals surface area (Å²) in [6, 6.07) is 23.0. The van der Waals surface area contributed by atoms with E-state index in [4.69, 9.17) is 21.1 Å². The molecule has 5 rings (SSSR count). The van der Waals surface area contributed by atoms with E-state index in [2.05, 4.69) is 59.6 Å². The SMILES string of the molecule is Clc1ccc(CC[C@@]2(Cn3ccnc3)OC[C@@H](CSc3ccc4ccccc4c3)O2)cc1. The van der Waals surface area contributed by atoms with Crippen LogP contribution in [0.5, 0.6) is 0 Å². The molecule has 32 heavy (non-hydrogen) atoms. The van der Waals surface area contributed by atoms with Gasteiger partial charge in [0, 0.05) is 34.5 Å². The number of thioether (sulfide) groups is 1. The number of imidazole rings is 1. The van der Waals surface area contributed by atoms with Crippen molar-refractivity contribution in [3.05, 3.63) is 96.0 Å². The molecule has 164 valence electrons. The number of nitrogens with zero attached hydrogens (tertiary/aromatic N) is 2. The van der Waals surface area contributed by atoms with Gasteiger partial charge in [0.25, 0.3) is 0 Å². The molecule has 1 saturated heterocycles. The van der Waals surface area contributed by atoms with Gasteiger partial charge < -0.3 is 14.0 Å². The maximum Gasteiger partial charge on any atom is 0.187 e. The second-order valence-corrected chi connectivity index (χ2v) is 9.67. The lowest BCUT2D eigenvalue weighted by atomic mass is 10.0. The van der Waals surface area contributed by atoms with E-state index >= 15 is 0 Å². The first-order valence-electron chi connectivity index (χ1n) is 10.8. The first-order chi connectivity index (χ1) is 15.7. The number of hydrogen-bond acceptors (Lipinski definition) is 4. The predicted octanol–water partition coefficient (Wildman–Crippen LogP) is 6.23. The molecule has 4 nitrogen and oxygen atoms in total. The van der Waals surface area contributed by atoms with Crippen LogP contribution in [0.4, 0.5) is 0 Å². The largest absolute Gasteiger partial charge is 0.345 e. The summed E-state index contributed by atoms with van der Waals surface area (Å²) in [5, 5.41) is 3.28. The number of fused-ring (bicyclic) bond motifs is 1. The maximum absolute atomic E-state index is 6.56.